The Morgan fingerprint density at radius 2 is 1.89 bits per heavy atom. The van der Waals surface area contributed by atoms with Crippen molar-refractivity contribution in [1.82, 2.24) is 0 Å². The van der Waals surface area contributed by atoms with E-state index in [4.69, 9.17) is 5.73 Å². The summed E-state index contributed by atoms with van der Waals surface area (Å²) >= 11 is 0. The molecule has 3 nitrogen and oxygen atoms in total. The Bertz CT molecular complexity index is 142. The van der Waals surface area contributed by atoms with Crippen molar-refractivity contribution in [3.05, 3.63) is 0 Å². The minimum absolute atomic E-state index is 0.0718. The maximum Gasteiger partial charge on any atom is 0.154 e. The van der Waals surface area contributed by atoms with Gasteiger partial charge < -0.3 is 5.73 Å². The molecule has 0 bridgehead atoms. The van der Waals surface area contributed by atoms with E-state index in [1.54, 1.807) is 0 Å². The van der Waals surface area contributed by atoms with E-state index in [0.717, 1.165) is 0 Å². The molecule has 0 spiro atoms. The Labute approximate surface area is 54.0 Å². The van der Waals surface area contributed by atoms with Gasteiger partial charge in [-0.05, 0) is 0 Å². The zero-order valence-corrected chi connectivity index (χ0v) is 5.82. The minimum Gasteiger partial charge on any atom is -0.329 e. The molecule has 0 aliphatic heterocycles. The highest BCUT2D eigenvalue weighted by Gasteiger charge is 2.07. The molecular weight excluding hydrogens is 145 g/mol. The monoisotopic (exact) mass is 155 g/mol. The second-order valence-corrected chi connectivity index (χ2v) is 3.93. The van der Waals surface area contributed by atoms with Crippen molar-refractivity contribution in [2.75, 3.05) is 24.7 Å². The summed E-state index contributed by atoms with van der Waals surface area (Å²) < 4.78 is 32.4. The summed E-state index contributed by atoms with van der Waals surface area (Å²) in [5.74, 6) is -0.513. The molecule has 0 unspecified atom stereocenters. The molecule has 0 radical (unpaired) electrons. The Hall–Kier alpha value is -0.160. The third-order valence-corrected chi connectivity index (χ3v) is 2.45. The maximum absolute atomic E-state index is 11.4. The topological polar surface area (TPSA) is 60.2 Å². The Balaban J connectivity index is 3.73. The fraction of sp³-hybridized carbons (Fsp3) is 1.00. The standard InChI is InChI=1S/C4H10FNO2S/c5-1-3-9(7,8)4-2-6/h1-4,6H2. The quantitative estimate of drug-likeness (QED) is 0.585. The molecule has 0 rings (SSSR count). The lowest BCUT2D eigenvalue weighted by Crippen LogP contribution is -2.19. The first-order chi connectivity index (χ1) is 4.12. The van der Waals surface area contributed by atoms with Crippen LogP contribution in [0.4, 0.5) is 4.39 Å². The van der Waals surface area contributed by atoms with Crippen molar-refractivity contribution in [1.29, 1.82) is 0 Å². The predicted molar refractivity (Wildman–Crippen MR) is 33.7 cm³/mol. The number of nitrogens with two attached hydrogens (primary N) is 1. The Morgan fingerprint density at radius 3 is 2.22 bits per heavy atom. The van der Waals surface area contributed by atoms with Gasteiger partial charge in [0.25, 0.3) is 0 Å². The van der Waals surface area contributed by atoms with Crippen LogP contribution in [0.25, 0.3) is 0 Å². The highest BCUT2D eigenvalue weighted by atomic mass is 32.2. The van der Waals surface area contributed by atoms with Crippen LogP contribution in [0, 0.1) is 0 Å². The summed E-state index contributed by atoms with van der Waals surface area (Å²) in [4.78, 5) is 0. The van der Waals surface area contributed by atoms with Crippen LogP contribution in [0.2, 0.25) is 0 Å². The fourth-order valence-corrected chi connectivity index (χ4v) is 1.20. The second kappa shape index (κ2) is 3.79. The zero-order chi connectivity index (χ0) is 7.33. The van der Waals surface area contributed by atoms with Crippen LogP contribution in [0.1, 0.15) is 0 Å². The van der Waals surface area contributed by atoms with Gasteiger partial charge in [-0.15, -0.1) is 0 Å². The minimum atomic E-state index is -3.18. The van der Waals surface area contributed by atoms with Crippen molar-refractivity contribution in [3.8, 4) is 0 Å². The van der Waals surface area contributed by atoms with Crippen molar-refractivity contribution >= 4 is 9.84 Å². The molecule has 0 saturated heterocycles. The van der Waals surface area contributed by atoms with Gasteiger partial charge in [0.05, 0.1) is 11.5 Å². The molecular formula is C4H10FNO2S. The highest BCUT2D eigenvalue weighted by molar-refractivity contribution is 7.91. The van der Waals surface area contributed by atoms with Gasteiger partial charge in [-0.3, -0.25) is 0 Å². The van der Waals surface area contributed by atoms with Gasteiger partial charge in [0.1, 0.15) is 6.67 Å². The van der Waals surface area contributed by atoms with Gasteiger partial charge in [-0.1, -0.05) is 0 Å². The Kier molecular flexibility index (Phi) is 3.72. The smallest absolute Gasteiger partial charge is 0.154 e. The summed E-state index contributed by atoms with van der Waals surface area (Å²) in [7, 11) is -3.18. The first-order valence-corrected chi connectivity index (χ1v) is 4.41. The number of alkyl halides is 1. The molecule has 0 fully saturated rings. The van der Waals surface area contributed by atoms with E-state index in [1.807, 2.05) is 0 Å². The average Bonchev–Trinajstić information content (AvgIpc) is 1.64. The van der Waals surface area contributed by atoms with Crippen LogP contribution in [0.3, 0.4) is 0 Å². The number of halogens is 1. The summed E-state index contributed by atoms with van der Waals surface area (Å²) in [5, 5.41) is 0. The van der Waals surface area contributed by atoms with Gasteiger partial charge in [-0.2, -0.15) is 0 Å². The predicted octanol–water partition coefficient (Wildman–Crippen LogP) is -0.671. The zero-order valence-electron chi connectivity index (χ0n) is 5.01. The second-order valence-electron chi connectivity index (χ2n) is 1.63. The summed E-state index contributed by atoms with van der Waals surface area (Å²) in [6.45, 7) is -0.745. The Morgan fingerprint density at radius 1 is 1.33 bits per heavy atom. The van der Waals surface area contributed by atoms with Crippen molar-refractivity contribution < 1.29 is 12.8 Å². The van der Waals surface area contributed by atoms with Gasteiger partial charge in [0.2, 0.25) is 0 Å². The molecule has 9 heavy (non-hydrogen) atoms. The third kappa shape index (κ3) is 4.35. The lowest BCUT2D eigenvalue weighted by atomic mass is 10.8. The SMILES string of the molecule is NCCS(=O)(=O)CCF. The molecule has 0 aliphatic carbocycles. The number of rotatable bonds is 4. The molecule has 0 aromatic rings. The first-order valence-electron chi connectivity index (χ1n) is 2.59. The van der Waals surface area contributed by atoms with E-state index in [0.29, 0.717) is 0 Å². The van der Waals surface area contributed by atoms with Crippen molar-refractivity contribution in [2.45, 2.75) is 0 Å². The summed E-state index contributed by atoms with van der Waals surface area (Å²) in [6.07, 6.45) is 0. The largest absolute Gasteiger partial charge is 0.329 e. The van der Waals surface area contributed by atoms with E-state index >= 15 is 0 Å². The van der Waals surface area contributed by atoms with Crippen molar-refractivity contribution in [2.24, 2.45) is 5.73 Å². The molecule has 2 N–H and O–H groups in total. The van der Waals surface area contributed by atoms with E-state index in [2.05, 4.69) is 0 Å². The molecule has 0 amide bonds. The summed E-state index contributed by atoms with van der Waals surface area (Å²) in [6, 6.07) is 0. The fourth-order valence-electron chi connectivity index (χ4n) is 0.399. The maximum atomic E-state index is 11.4. The molecule has 0 aromatic heterocycles. The molecule has 0 saturated carbocycles. The molecule has 0 aromatic carbocycles. The van der Waals surface area contributed by atoms with Gasteiger partial charge >= 0.3 is 0 Å². The van der Waals surface area contributed by atoms with Gasteiger partial charge in [0.15, 0.2) is 9.84 Å². The normalized spacial score (nSPS) is 11.8. The number of hydrogen-bond acceptors (Lipinski definition) is 3. The van der Waals surface area contributed by atoms with E-state index in [9.17, 15) is 12.8 Å². The molecule has 0 atom stereocenters. The van der Waals surface area contributed by atoms with Crippen LogP contribution in [0.5, 0.6) is 0 Å². The number of hydrogen-bond donors (Lipinski definition) is 1. The highest BCUT2D eigenvalue weighted by Crippen LogP contribution is 1.87. The van der Waals surface area contributed by atoms with Crippen LogP contribution >= 0.6 is 0 Å². The summed E-state index contributed by atoms with van der Waals surface area (Å²) in [5.41, 5.74) is 4.94. The average molecular weight is 155 g/mol. The van der Waals surface area contributed by atoms with Crippen LogP contribution < -0.4 is 5.73 Å². The lowest BCUT2D eigenvalue weighted by molar-refractivity contribution is 0.517. The number of sulfone groups is 1. The van der Waals surface area contributed by atoms with Crippen molar-refractivity contribution in [3.63, 3.8) is 0 Å². The third-order valence-electron chi connectivity index (χ3n) is 0.817. The first kappa shape index (κ1) is 8.84. The molecule has 56 valence electrons. The van der Waals surface area contributed by atoms with E-state index in [1.165, 1.54) is 0 Å². The van der Waals surface area contributed by atoms with E-state index in [-0.39, 0.29) is 12.3 Å². The molecule has 0 aliphatic rings. The molecule has 5 heteroatoms. The van der Waals surface area contributed by atoms with Crippen LogP contribution in [-0.4, -0.2) is 33.1 Å². The van der Waals surface area contributed by atoms with E-state index < -0.39 is 22.3 Å². The molecule has 0 heterocycles. The van der Waals surface area contributed by atoms with Gasteiger partial charge in [0, 0.05) is 6.54 Å². The lowest BCUT2D eigenvalue weighted by Gasteiger charge is -1.95. The van der Waals surface area contributed by atoms with Crippen LogP contribution in [-0.2, 0) is 9.84 Å². The van der Waals surface area contributed by atoms with Gasteiger partial charge in [-0.25, -0.2) is 12.8 Å². The van der Waals surface area contributed by atoms with Crippen LogP contribution in [0.15, 0.2) is 0 Å².